The van der Waals surface area contributed by atoms with Gasteiger partial charge in [-0.3, -0.25) is 4.79 Å². The normalized spacial score (nSPS) is 18.9. The molecule has 0 spiro atoms. The van der Waals surface area contributed by atoms with Crippen LogP contribution in [0.25, 0.3) is 0 Å². The van der Waals surface area contributed by atoms with E-state index in [0.29, 0.717) is 16.9 Å². The molecule has 0 bridgehead atoms. The van der Waals surface area contributed by atoms with Crippen LogP contribution in [0.5, 0.6) is 11.6 Å². The van der Waals surface area contributed by atoms with E-state index in [0.717, 1.165) is 42.2 Å². The van der Waals surface area contributed by atoms with Gasteiger partial charge in [-0.1, -0.05) is 73.7 Å². The molecular weight excluding hydrogens is 482 g/mol. The number of benzene rings is 2. The molecular formula is C29H29N5O2S. The average Bonchev–Trinajstić information content (AvgIpc) is 3.45. The lowest BCUT2D eigenvalue weighted by Gasteiger charge is -2.38. The summed E-state index contributed by atoms with van der Waals surface area (Å²) in [6.45, 7) is 5.81. The SMILES string of the molecule is CC(C)(C(=O)Nc1nncs1)[C@H]1c2ccccc2Oc2nc(N3CCCC(c4ccccc4)C3)ccc21. The number of para-hydroxylation sites is 1. The summed E-state index contributed by atoms with van der Waals surface area (Å²) in [5, 5.41) is 11.3. The van der Waals surface area contributed by atoms with Gasteiger partial charge in [-0.25, -0.2) is 0 Å². The zero-order valence-electron chi connectivity index (χ0n) is 20.9. The van der Waals surface area contributed by atoms with E-state index in [1.807, 2.05) is 38.1 Å². The smallest absolute Gasteiger partial charge is 0.232 e. The van der Waals surface area contributed by atoms with Gasteiger partial charge >= 0.3 is 0 Å². The maximum Gasteiger partial charge on any atom is 0.232 e. The highest BCUT2D eigenvalue weighted by Crippen LogP contribution is 2.52. The van der Waals surface area contributed by atoms with Crippen molar-refractivity contribution in [3.63, 3.8) is 0 Å². The van der Waals surface area contributed by atoms with Gasteiger partial charge < -0.3 is 15.0 Å². The predicted octanol–water partition coefficient (Wildman–Crippen LogP) is 6.22. The third kappa shape index (κ3) is 4.46. The number of pyridine rings is 1. The maximum atomic E-state index is 13.5. The van der Waals surface area contributed by atoms with E-state index in [9.17, 15) is 4.79 Å². The number of piperidine rings is 1. The topological polar surface area (TPSA) is 80.2 Å². The molecule has 1 amide bonds. The largest absolute Gasteiger partial charge is 0.438 e. The van der Waals surface area contributed by atoms with E-state index in [-0.39, 0.29) is 11.8 Å². The number of nitrogens with one attached hydrogen (secondary N) is 1. The van der Waals surface area contributed by atoms with Crippen LogP contribution in [-0.2, 0) is 4.79 Å². The Morgan fingerprint density at radius 3 is 2.68 bits per heavy atom. The summed E-state index contributed by atoms with van der Waals surface area (Å²) >= 11 is 1.30. The molecule has 1 unspecified atom stereocenters. The fourth-order valence-electron chi connectivity index (χ4n) is 5.58. The van der Waals surface area contributed by atoms with Gasteiger partial charge in [0.15, 0.2) is 0 Å². The number of carbonyl (C=O) groups is 1. The van der Waals surface area contributed by atoms with Crippen molar-refractivity contribution in [1.29, 1.82) is 0 Å². The number of anilines is 2. The molecule has 4 aromatic rings. The number of rotatable bonds is 5. The van der Waals surface area contributed by atoms with Crippen LogP contribution in [0, 0.1) is 5.41 Å². The van der Waals surface area contributed by atoms with E-state index in [1.165, 1.54) is 23.3 Å². The number of amides is 1. The van der Waals surface area contributed by atoms with Crippen LogP contribution in [0.3, 0.4) is 0 Å². The minimum atomic E-state index is -0.799. The maximum absolute atomic E-state index is 13.5. The highest BCUT2D eigenvalue weighted by atomic mass is 32.1. The van der Waals surface area contributed by atoms with Crippen molar-refractivity contribution in [1.82, 2.24) is 15.2 Å². The number of aromatic nitrogens is 3. The Bertz CT molecular complexity index is 1410. The van der Waals surface area contributed by atoms with Crippen LogP contribution in [-0.4, -0.2) is 34.2 Å². The average molecular weight is 512 g/mol. The van der Waals surface area contributed by atoms with Gasteiger partial charge in [0.05, 0.1) is 5.41 Å². The van der Waals surface area contributed by atoms with Gasteiger partial charge in [0.25, 0.3) is 0 Å². The van der Waals surface area contributed by atoms with E-state index < -0.39 is 5.41 Å². The molecule has 2 aromatic carbocycles. The van der Waals surface area contributed by atoms with E-state index >= 15 is 0 Å². The van der Waals surface area contributed by atoms with Gasteiger partial charge in [-0.2, -0.15) is 4.98 Å². The molecule has 1 fully saturated rings. The molecule has 8 heteroatoms. The first kappa shape index (κ1) is 23.6. The Balaban J connectivity index is 1.33. The highest BCUT2D eigenvalue weighted by molar-refractivity contribution is 7.13. The van der Waals surface area contributed by atoms with Gasteiger partial charge in [0.2, 0.25) is 16.9 Å². The summed E-state index contributed by atoms with van der Waals surface area (Å²) in [7, 11) is 0. The van der Waals surface area contributed by atoms with Crippen LogP contribution >= 0.6 is 11.3 Å². The Hall–Kier alpha value is -3.78. The van der Waals surface area contributed by atoms with Crippen molar-refractivity contribution in [2.24, 2.45) is 5.41 Å². The van der Waals surface area contributed by atoms with Crippen molar-refractivity contribution in [3.05, 3.63) is 88.9 Å². The second kappa shape index (κ2) is 9.59. The fourth-order valence-corrected chi connectivity index (χ4v) is 6.02. The van der Waals surface area contributed by atoms with E-state index in [1.54, 1.807) is 5.51 Å². The van der Waals surface area contributed by atoms with Crippen molar-refractivity contribution in [2.45, 2.75) is 38.5 Å². The lowest BCUT2D eigenvalue weighted by molar-refractivity contribution is -0.124. The fraction of sp³-hybridized carbons (Fsp3) is 0.310. The van der Waals surface area contributed by atoms with Crippen LogP contribution in [0.15, 0.2) is 72.2 Å². The van der Waals surface area contributed by atoms with Crippen molar-refractivity contribution < 1.29 is 9.53 Å². The quantitative estimate of drug-likeness (QED) is 0.343. The molecule has 0 aliphatic carbocycles. The third-order valence-corrected chi connectivity index (χ3v) is 8.13. The van der Waals surface area contributed by atoms with Crippen LogP contribution < -0.4 is 15.0 Å². The summed E-state index contributed by atoms with van der Waals surface area (Å²) in [5.74, 6) is 2.34. The number of ether oxygens (including phenoxy) is 1. The monoisotopic (exact) mass is 511 g/mol. The molecule has 0 radical (unpaired) electrons. The highest BCUT2D eigenvalue weighted by Gasteiger charge is 2.44. The minimum Gasteiger partial charge on any atom is -0.438 e. The molecule has 6 rings (SSSR count). The second-order valence-corrected chi connectivity index (χ2v) is 11.1. The van der Waals surface area contributed by atoms with E-state index in [4.69, 9.17) is 9.72 Å². The molecule has 2 atom stereocenters. The summed E-state index contributed by atoms with van der Waals surface area (Å²) < 4.78 is 6.34. The Labute approximate surface area is 220 Å². The number of carbonyl (C=O) groups excluding carboxylic acids is 1. The summed E-state index contributed by atoms with van der Waals surface area (Å²) in [4.78, 5) is 20.9. The van der Waals surface area contributed by atoms with Gasteiger partial charge in [-0.05, 0) is 36.6 Å². The zero-order valence-corrected chi connectivity index (χ0v) is 21.7. The van der Waals surface area contributed by atoms with Crippen LogP contribution in [0.2, 0.25) is 0 Å². The Morgan fingerprint density at radius 1 is 1.05 bits per heavy atom. The third-order valence-electron chi connectivity index (χ3n) is 7.53. The molecule has 4 heterocycles. The van der Waals surface area contributed by atoms with Gasteiger partial charge in [0, 0.05) is 36.1 Å². The minimum absolute atomic E-state index is 0.122. The van der Waals surface area contributed by atoms with Crippen molar-refractivity contribution in [3.8, 4) is 11.6 Å². The van der Waals surface area contributed by atoms with Gasteiger partial charge in [-0.15, -0.1) is 10.2 Å². The van der Waals surface area contributed by atoms with E-state index in [2.05, 4.69) is 62.9 Å². The first-order valence-electron chi connectivity index (χ1n) is 12.7. The summed E-state index contributed by atoms with van der Waals surface area (Å²) in [6, 6.07) is 22.8. The first-order valence-corrected chi connectivity index (χ1v) is 13.5. The van der Waals surface area contributed by atoms with Crippen LogP contribution in [0.1, 0.15) is 55.2 Å². The number of hydrogen-bond donors (Lipinski definition) is 1. The molecule has 0 saturated carbocycles. The first-order chi connectivity index (χ1) is 18.0. The molecule has 1 saturated heterocycles. The molecule has 2 aromatic heterocycles. The molecule has 1 N–H and O–H groups in total. The molecule has 37 heavy (non-hydrogen) atoms. The number of hydrogen-bond acceptors (Lipinski definition) is 7. The molecule has 7 nitrogen and oxygen atoms in total. The Kier molecular flexibility index (Phi) is 6.12. The molecule has 2 aliphatic rings. The predicted molar refractivity (Wildman–Crippen MR) is 146 cm³/mol. The standard InChI is InChI=1S/C29H29N5O2S/c1-29(2,27(35)32-28-33-30-18-37-28)25-21-12-6-7-13-23(21)36-26-22(25)14-15-24(31-26)34-16-8-11-20(17-34)19-9-4-3-5-10-19/h3-7,9-10,12-15,18,20,25H,8,11,16-17H2,1-2H3,(H,32,33,35)/t20?,25-/m0/s1. The number of fused-ring (bicyclic) bond motifs is 2. The summed E-state index contributed by atoms with van der Waals surface area (Å²) in [5.41, 5.74) is 4.07. The lowest BCUT2D eigenvalue weighted by Crippen LogP contribution is -2.38. The lowest BCUT2D eigenvalue weighted by atomic mass is 9.70. The molecule has 2 aliphatic heterocycles. The van der Waals surface area contributed by atoms with Gasteiger partial charge in [0.1, 0.15) is 17.1 Å². The Morgan fingerprint density at radius 2 is 1.86 bits per heavy atom. The van der Waals surface area contributed by atoms with Crippen molar-refractivity contribution >= 4 is 28.2 Å². The number of nitrogens with zero attached hydrogens (tertiary/aromatic N) is 4. The van der Waals surface area contributed by atoms with Crippen molar-refractivity contribution in [2.75, 3.05) is 23.3 Å². The molecule has 188 valence electrons. The van der Waals surface area contributed by atoms with Crippen LogP contribution in [0.4, 0.5) is 10.9 Å². The summed E-state index contributed by atoms with van der Waals surface area (Å²) in [6.07, 6.45) is 2.29. The second-order valence-electron chi connectivity index (χ2n) is 10.3. The zero-order chi connectivity index (χ0) is 25.4.